The van der Waals surface area contributed by atoms with Gasteiger partial charge in [-0.15, -0.1) is 11.8 Å². The molecule has 1 aromatic carbocycles. The summed E-state index contributed by atoms with van der Waals surface area (Å²) in [5, 5.41) is 1.64. The van der Waals surface area contributed by atoms with E-state index in [1.165, 1.54) is 0 Å². The molecule has 2 nitrogen and oxygen atoms in total. The summed E-state index contributed by atoms with van der Waals surface area (Å²) < 4.78 is 5.22. The largest absolute Gasteiger partial charge is 0.379 e. The van der Waals surface area contributed by atoms with Crippen molar-refractivity contribution in [3.8, 4) is 0 Å². The highest BCUT2D eigenvalue weighted by Crippen LogP contribution is 2.40. The van der Waals surface area contributed by atoms with Gasteiger partial charge in [0.15, 0.2) is 0 Å². The van der Waals surface area contributed by atoms with Gasteiger partial charge < -0.3 is 10.5 Å². The molecule has 2 rings (SSSR count). The minimum absolute atomic E-state index is 0.139. The molecular weight excluding hydrogens is 254 g/mol. The minimum Gasteiger partial charge on any atom is -0.379 e. The van der Waals surface area contributed by atoms with E-state index < -0.39 is 0 Å². The zero-order valence-electron chi connectivity index (χ0n) is 9.93. The van der Waals surface area contributed by atoms with Gasteiger partial charge in [-0.25, -0.2) is 0 Å². The van der Waals surface area contributed by atoms with Crippen molar-refractivity contribution in [1.82, 2.24) is 0 Å². The fourth-order valence-corrected chi connectivity index (χ4v) is 3.65. The molecule has 4 heteroatoms. The topological polar surface area (TPSA) is 35.2 Å². The van der Waals surface area contributed by atoms with Crippen LogP contribution in [0.1, 0.15) is 24.2 Å². The van der Waals surface area contributed by atoms with Gasteiger partial charge in [0.2, 0.25) is 0 Å². The predicted molar refractivity (Wildman–Crippen MR) is 74.7 cm³/mol. The molecule has 2 unspecified atom stereocenters. The van der Waals surface area contributed by atoms with Crippen molar-refractivity contribution in [3.05, 3.63) is 34.9 Å². The van der Waals surface area contributed by atoms with E-state index in [1.54, 1.807) is 0 Å². The average Bonchev–Trinajstić information content (AvgIpc) is 2.29. The van der Waals surface area contributed by atoms with Crippen molar-refractivity contribution < 1.29 is 4.74 Å². The number of thioether (sulfide) groups is 1. The molecule has 0 aliphatic carbocycles. The summed E-state index contributed by atoms with van der Waals surface area (Å²) in [6.45, 7) is 3.79. The fraction of sp³-hybridized carbons (Fsp3) is 0.538. The standard InChI is InChI=1S/C13H18ClNOS/c1-2-12(15)13(17-9-7-16-8-9)10-5-3-4-6-11(10)14/h3-6,9,12-13H,2,7-8,15H2,1H3. The van der Waals surface area contributed by atoms with Crippen LogP contribution in [-0.2, 0) is 4.74 Å². The summed E-state index contributed by atoms with van der Waals surface area (Å²) in [6, 6.07) is 8.13. The van der Waals surface area contributed by atoms with E-state index in [4.69, 9.17) is 22.1 Å². The first-order valence-electron chi connectivity index (χ1n) is 5.95. The van der Waals surface area contributed by atoms with E-state index in [-0.39, 0.29) is 11.3 Å². The zero-order valence-corrected chi connectivity index (χ0v) is 11.5. The lowest BCUT2D eigenvalue weighted by Crippen LogP contribution is -2.35. The van der Waals surface area contributed by atoms with Crippen LogP contribution in [0, 0.1) is 0 Å². The Bertz CT molecular complexity index is 370. The van der Waals surface area contributed by atoms with Gasteiger partial charge in [-0.1, -0.05) is 36.7 Å². The van der Waals surface area contributed by atoms with Gasteiger partial charge in [-0.05, 0) is 18.1 Å². The van der Waals surface area contributed by atoms with Gasteiger partial charge in [0.05, 0.1) is 18.5 Å². The SMILES string of the molecule is CCC(N)C(SC1COC1)c1ccccc1Cl. The van der Waals surface area contributed by atoms with Gasteiger partial charge in [0.25, 0.3) is 0 Å². The zero-order chi connectivity index (χ0) is 12.3. The van der Waals surface area contributed by atoms with Crippen LogP contribution in [0.2, 0.25) is 5.02 Å². The Labute approximate surface area is 112 Å². The summed E-state index contributed by atoms with van der Waals surface area (Å²) in [5.41, 5.74) is 7.38. The molecule has 1 saturated heterocycles. The van der Waals surface area contributed by atoms with E-state index in [2.05, 4.69) is 13.0 Å². The summed E-state index contributed by atoms with van der Waals surface area (Å²) in [5.74, 6) is 0. The molecule has 1 aromatic rings. The second-order valence-electron chi connectivity index (χ2n) is 4.31. The van der Waals surface area contributed by atoms with E-state index in [1.807, 2.05) is 30.0 Å². The van der Waals surface area contributed by atoms with Crippen molar-refractivity contribution in [3.63, 3.8) is 0 Å². The van der Waals surface area contributed by atoms with E-state index >= 15 is 0 Å². The van der Waals surface area contributed by atoms with E-state index in [0.717, 1.165) is 30.2 Å². The Morgan fingerprint density at radius 3 is 2.71 bits per heavy atom. The van der Waals surface area contributed by atoms with Crippen LogP contribution < -0.4 is 5.73 Å². The first-order valence-corrected chi connectivity index (χ1v) is 7.27. The molecule has 94 valence electrons. The molecule has 2 atom stereocenters. The van der Waals surface area contributed by atoms with Gasteiger partial charge in [-0.3, -0.25) is 0 Å². The molecule has 17 heavy (non-hydrogen) atoms. The summed E-state index contributed by atoms with van der Waals surface area (Å²) >= 11 is 8.16. The monoisotopic (exact) mass is 271 g/mol. The number of halogens is 1. The number of hydrogen-bond donors (Lipinski definition) is 1. The smallest absolute Gasteiger partial charge is 0.0608 e. The second-order valence-corrected chi connectivity index (χ2v) is 6.16. The van der Waals surface area contributed by atoms with Crippen LogP contribution >= 0.6 is 23.4 Å². The lowest BCUT2D eigenvalue weighted by atomic mass is 10.0. The summed E-state index contributed by atoms with van der Waals surface area (Å²) in [6.07, 6.45) is 0.955. The lowest BCUT2D eigenvalue weighted by Gasteiger charge is -2.32. The summed E-state index contributed by atoms with van der Waals surface area (Å²) in [4.78, 5) is 0. The van der Waals surface area contributed by atoms with Gasteiger partial charge in [-0.2, -0.15) is 0 Å². The molecule has 1 heterocycles. The second kappa shape index (κ2) is 6.10. The van der Waals surface area contributed by atoms with Crippen LogP contribution in [0.5, 0.6) is 0 Å². The maximum atomic E-state index is 6.26. The molecule has 1 fully saturated rings. The molecular formula is C13H18ClNOS. The third kappa shape index (κ3) is 3.16. The molecule has 0 radical (unpaired) electrons. The molecule has 0 saturated carbocycles. The number of benzene rings is 1. The molecule has 0 aromatic heterocycles. The normalized spacial score (nSPS) is 19.7. The van der Waals surface area contributed by atoms with Gasteiger partial charge in [0.1, 0.15) is 0 Å². The van der Waals surface area contributed by atoms with Crippen molar-refractivity contribution in [2.24, 2.45) is 5.73 Å². The highest BCUT2D eigenvalue weighted by molar-refractivity contribution is 8.00. The third-order valence-corrected chi connectivity index (χ3v) is 4.92. The molecule has 0 spiro atoms. The Balaban J connectivity index is 2.16. The van der Waals surface area contributed by atoms with Crippen LogP contribution in [0.25, 0.3) is 0 Å². The van der Waals surface area contributed by atoms with Crippen LogP contribution in [0.15, 0.2) is 24.3 Å². The minimum atomic E-state index is 0.139. The van der Waals surface area contributed by atoms with Gasteiger partial charge in [0, 0.05) is 16.3 Å². The maximum absolute atomic E-state index is 6.26. The molecule has 0 amide bonds. The number of nitrogens with two attached hydrogens (primary N) is 1. The van der Waals surface area contributed by atoms with Crippen molar-refractivity contribution >= 4 is 23.4 Å². The Morgan fingerprint density at radius 1 is 1.47 bits per heavy atom. The highest BCUT2D eigenvalue weighted by atomic mass is 35.5. The first-order chi connectivity index (χ1) is 8.22. The van der Waals surface area contributed by atoms with Gasteiger partial charge >= 0.3 is 0 Å². The predicted octanol–water partition coefficient (Wildman–Crippen LogP) is 3.25. The Morgan fingerprint density at radius 2 is 2.18 bits per heavy atom. The first kappa shape index (κ1) is 13.2. The van der Waals surface area contributed by atoms with E-state index in [9.17, 15) is 0 Å². The molecule has 1 aliphatic rings. The Hall–Kier alpha value is -0.220. The van der Waals surface area contributed by atoms with Crippen molar-refractivity contribution in [2.45, 2.75) is 29.9 Å². The molecule has 0 bridgehead atoms. The number of rotatable bonds is 5. The average molecular weight is 272 g/mol. The fourth-order valence-electron chi connectivity index (χ4n) is 1.82. The van der Waals surface area contributed by atoms with Crippen LogP contribution in [0.4, 0.5) is 0 Å². The lowest BCUT2D eigenvalue weighted by molar-refractivity contribution is 0.0452. The molecule has 2 N–H and O–H groups in total. The van der Waals surface area contributed by atoms with E-state index in [0.29, 0.717) is 5.25 Å². The molecule has 1 aliphatic heterocycles. The summed E-state index contributed by atoms with van der Waals surface area (Å²) in [7, 11) is 0. The third-order valence-electron chi connectivity index (χ3n) is 3.02. The van der Waals surface area contributed by atoms with Crippen molar-refractivity contribution in [2.75, 3.05) is 13.2 Å². The Kier molecular flexibility index (Phi) is 4.74. The van der Waals surface area contributed by atoms with Crippen molar-refractivity contribution in [1.29, 1.82) is 0 Å². The maximum Gasteiger partial charge on any atom is 0.0608 e. The number of ether oxygens (including phenoxy) is 1. The highest BCUT2D eigenvalue weighted by Gasteiger charge is 2.28. The van der Waals surface area contributed by atoms with Crippen LogP contribution in [-0.4, -0.2) is 24.5 Å². The van der Waals surface area contributed by atoms with Crippen LogP contribution in [0.3, 0.4) is 0 Å². The quantitative estimate of drug-likeness (QED) is 0.893. The number of hydrogen-bond acceptors (Lipinski definition) is 3.